The molecule has 0 amide bonds. The van der Waals surface area contributed by atoms with E-state index in [-0.39, 0.29) is 0 Å². The zero-order valence-corrected chi connectivity index (χ0v) is 10.8. The van der Waals surface area contributed by atoms with Gasteiger partial charge in [0.05, 0.1) is 21.3 Å². The van der Waals surface area contributed by atoms with Gasteiger partial charge in [-0.15, -0.1) is 0 Å². The second kappa shape index (κ2) is 6.54. The van der Waals surface area contributed by atoms with E-state index < -0.39 is 5.97 Å². The van der Waals surface area contributed by atoms with Crippen molar-refractivity contribution >= 4 is 11.7 Å². The number of methoxy groups -OCH3 is 3. The lowest BCUT2D eigenvalue weighted by molar-refractivity contribution is -0.136. The zero-order chi connectivity index (χ0) is 13.5. The van der Waals surface area contributed by atoms with E-state index in [9.17, 15) is 4.79 Å². The molecule has 0 heterocycles. The molecule has 0 aliphatic rings. The number of nitrogens with one attached hydrogen (secondary N) is 1. The van der Waals surface area contributed by atoms with Gasteiger partial charge in [0.25, 0.3) is 0 Å². The maximum absolute atomic E-state index is 11.2. The van der Waals surface area contributed by atoms with Gasteiger partial charge in [-0.1, -0.05) is 6.58 Å². The molecule has 0 saturated carbocycles. The molecule has 1 rings (SSSR count). The van der Waals surface area contributed by atoms with Crippen molar-refractivity contribution in [2.45, 2.75) is 0 Å². The molecule has 0 radical (unpaired) electrons. The normalized spacial score (nSPS) is 9.50. The van der Waals surface area contributed by atoms with Crippen LogP contribution < -0.4 is 14.8 Å². The van der Waals surface area contributed by atoms with E-state index in [0.717, 1.165) is 5.69 Å². The maximum Gasteiger partial charge on any atom is 0.334 e. The van der Waals surface area contributed by atoms with Crippen LogP contribution in [-0.4, -0.2) is 33.8 Å². The van der Waals surface area contributed by atoms with Crippen molar-refractivity contribution in [3.05, 3.63) is 30.4 Å². The fraction of sp³-hybridized carbons (Fsp3) is 0.308. The van der Waals surface area contributed by atoms with E-state index in [1.165, 1.54) is 7.11 Å². The molecule has 5 nitrogen and oxygen atoms in total. The molecule has 0 atom stereocenters. The summed E-state index contributed by atoms with van der Waals surface area (Å²) in [5.74, 6) is 0.837. The van der Waals surface area contributed by atoms with Crippen molar-refractivity contribution in [1.29, 1.82) is 0 Å². The summed E-state index contributed by atoms with van der Waals surface area (Å²) < 4.78 is 14.9. The molecule has 1 N–H and O–H groups in total. The first kappa shape index (κ1) is 13.9. The Labute approximate surface area is 106 Å². The molecule has 0 aromatic heterocycles. The first-order chi connectivity index (χ1) is 8.62. The monoisotopic (exact) mass is 251 g/mol. The van der Waals surface area contributed by atoms with Crippen molar-refractivity contribution < 1.29 is 19.0 Å². The quantitative estimate of drug-likeness (QED) is 0.617. The summed E-state index contributed by atoms with van der Waals surface area (Å²) in [5, 5.41) is 3.05. The van der Waals surface area contributed by atoms with E-state index in [4.69, 9.17) is 9.47 Å². The molecule has 0 unspecified atom stereocenters. The number of anilines is 1. The van der Waals surface area contributed by atoms with Crippen LogP contribution in [0.15, 0.2) is 30.4 Å². The molecular weight excluding hydrogens is 234 g/mol. The number of ether oxygens (including phenoxy) is 3. The van der Waals surface area contributed by atoms with Gasteiger partial charge in [-0.25, -0.2) is 4.79 Å². The first-order valence-electron chi connectivity index (χ1n) is 5.34. The number of hydrogen-bond donors (Lipinski definition) is 1. The Bertz CT molecular complexity index is 443. The lowest BCUT2D eigenvalue weighted by Gasteiger charge is -2.11. The average Bonchev–Trinajstić information content (AvgIpc) is 2.43. The fourth-order valence-electron chi connectivity index (χ4n) is 1.37. The van der Waals surface area contributed by atoms with E-state index in [2.05, 4.69) is 16.6 Å². The summed E-state index contributed by atoms with van der Waals surface area (Å²) in [6, 6.07) is 5.39. The van der Waals surface area contributed by atoms with Crippen LogP contribution in [0.25, 0.3) is 0 Å². The van der Waals surface area contributed by atoms with E-state index in [1.54, 1.807) is 26.4 Å². The second-order valence-corrected chi connectivity index (χ2v) is 3.52. The molecule has 0 saturated heterocycles. The van der Waals surface area contributed by atoms with Crippen LogP contribution in [0.5, 0.6) is 11.5 Å². The average molecular weight is 251 g/mol. The Morgan fingerprint density at radius 2 is 1.89 bits per heavy atom. The zero-order valence-electron chi connectivity index (χ0n) is 10.8. The molecular formula is C13H17NO4. The van der Waals surface area contributed by atoms with Crippen LogP contribution in [0, 0.1) is 0 Å². The third kappa shape index (κ3) is 3.41. The molecule has 0 bridgehead atoms. The molecule has 1 aromatic rings. The van der Waals surface area contributed by atoms with Gasteiger partial charge in [0.1, 0.15) is 0 Å². The summed E-state index contributed by atoms with van der Waals surface area (Å²) in [6.07, 6.45) is 0. The predicted octanol–water partition coefficient (Wildman–Crippen LogP) is 1.84. The topological polar surface area (TPSA) is 56.8 Å². The number of hydrogen-bond acceptors (Lipinski definition) is 5. The number of carbonyl (C=O) groups excluding carboxylic acids is 1. The van der Waals surface area contributed by atoms with Gasteiger partial charge in [0, 0.05) is 23.9 Å². The van der Waals surface area contributed by atoms with Gasteiger partial charge in [0.15, 0.2) is 11.5 Å². The smallest absolute Gasteiger partial charge is 0.334 e. The lowest BCUT2D eigenvalue weighted by Crippen LogP contribution is -2.13. The van der Waals surface area contributed by atoms with Crippen LogP contribution in [0.3, 0.4) is 0 Å². The molecule has 0 fully saturated rings. The fourth-order valence-corrected chi connectivity index (χ4v) is 1.37. The van der Waals surface area contributed by atoms with Crippen LogP contribution in [0.4, 0.5) is 5.69 Å². The van der Waals surface area contributed by atoms with E-state index in [0.29, 0.717) is 23.6 Å². The van der Waals surface area contributed by atoms with E-state index >= 15 is 0 Å². The Kier molecular flexibility index (Phi) is 5.05. The highest BCUT2D eigenvalue weighted by atomic mass is 16.5. The highest BCUT2D eigenvalue weighted by Crippen LogP contribution is 2.29. The van der Waals surface area contributed by atoms with Crippen molar-refractivity contribution in [2.24, 2.45) is 0 Å². The van der Waals surface area contributed by atoms with Gasteiger partial charge >= 0.3 is 5.97 Å². The van der Waals surface area contributed by atoms with Crippen LogP contribution in [-0.2, 0) is 9.53 Å². The molecule has 98 valence electrons. The van der Waals surface area contributed by atoms with Crippen LogP contribution >= 0.6 is 0 Å². The van der Waals surface area contributed by atoms with Crippen LogP contribution in [0.1, 0.15) is 0 Å². The lowest BCUT2D eigenvalue weighted by atomic mass is 10.2. The molecule has 0 spiro atoms. The Morgan fingerprint density at radius 1 is 1.22 bits per heavy atom. The minimum Gasteiger partial charge on any atom is -0.493 e. The second-order valence-electron chi connectivity index (χ2n) is 3.52. The molecule has 0 aliphatic carbocycles. The Morgan fingerprint density at radius 3 is 2.44 bits per heavy atom. The van der Waals surface area contributed by atoms with Gasteiger partial charge in [-0.2, -0.15) is 0 Å². The van der Waals surface area contributed by atoms with Crippen molar-refractivity contribution in [1.82, 2.24) is 0 Å². The van der Waals surface area contributed by atoms with E-state index in [1.807, 2.05) is 6.07 Å². The van der Waals surface area contributed by atoms with Gasteiger partial charge in [0.2, 0.25) is 0 Å². The molecule has 5 heteroatoms. The SMILES string of the molecule is C=C(CNc1ccc(OC)c(OC)c1)C(=O)OC. The Balaban J connectivity index is 2.68. The van der Waals surface area contributed by atoms with Crippen molar-refractivity contribution in [2.75, 3.05) is 33.2 Å². The number of carbonyl (C=O) groups is 1. The summed E-state index contributed by atoms with van der Waals surface area (Å²) in [4.78, 5) is 11.2. The summed E-state index contributed by atoms with van der Waals surface area (Å²) in [7, 11) is 4.46. The van der Waals surface area contributed by atoms with Crippen LogP contribution in [0.2, 0.25) is 0 Å². The van der Waals surface area contributed by atoms with Gasteiger partial charge < -0.3 is 19.5 Å². The summed E-state index contributed by atoms with van der Waals surface area (Å²) in [6.45, 7) is 3.93. The highest BCUT2D eigenvalue weighted by Gasteiger charge is 2.08. The highest BCUT2D eigenvalue weighted by molar-refractivity contribution is 5.88. The minimum atomic E-state index is -0.428. The standard InChI is InChI=1S/C13H17NO4/c1-9(13(15)18-4)8-14-10-5-6-11(16-2)12(7-10)17-3/h5-7,14H,1,8H2,2-4H3. The van der Waals surface area contributed by atoms with Crippen molar-refractivity contribution in [3.8, 4) is 11.5 Å². The van der Waals surface area contributed by atoms with Gasteiger partial charge in [-0.05, 0) is 12.1 Å². The molecule has 18 heavy (non-hydrogen) atoms. The summed E-state index contributed by atoms with van der Waals surface area (Å²) >= 11 is 0. The van der Waals surface area contributed by atoms with Crippen molar-refractivity contribution in [3.63, 3.8) is 0 Å². The number of esters is 1. The summed E-state index contributed by atoms with van der Waals surface area (Å²) in [5.41, 5.74) is 1.16. The Hall–Kier alpha value is -2.17. The maximum atomic E-state index is 11.2. The minimum absolute atomic E-state index is 0.308. The number of benzene rings is 1. The largest absolute Gasteiger partial charge is 0.493 e. The molecule has 0 aliphatic heterocycles. The third-order valence-corrected chi connectivity index (χ3v) is 2.36. The first-order valence-corrected chi connectivity index (χ1v) is 5.34. The number of rotatable bonds is 6. The molecule has 1 aromatic carbocycles. The third-order valence-electron chi connectivity index (χ3n) is 2.36. The van der Waals surface area contributed by atoms with Gasteiger partial charge in [-0.3, -0.25) is 0 Å². The predicted molar refractivity (Wildman–Crippen MR) is 69.2 cm³/mol.